The summed E-state index contributed by atoms with van der Waals surface area (Å²) in [5, 5.41) is 0. The minimum absolute atomic E-state index is 0.188. The molecular formula is C17H22O2. The van der Waals surface area contributed by atoms with Crippen LogP contribution in [0.3, 0.4) is 0 Å². The topological polar surface area (TPSA) is 26.3 Å². The third kappa shape index (κ3) is 1.65. The van der Waals surface area contributed by atoms with Gasteiger partial charge in [0.25, 0.3) is 0 Å². The van der Waals surface area contributed by atoms with Crippen molar-refractivity contribution in [1.29, 1.82) is 0 Å². The van der Waals surface area contributed by atoms with Crippen molar-refractivity contribution >= 4 is 5.97 Å². The Morgan fingerprint density at radius 1 is 1.21 bits per heavy atom. The lowest BCUT2D eigenvalue weighted by Gasteiger charge is -2.37. The van der Waals surface area contributed by atoms with Crippen LogP contribution in [0.5, 0.6) is 0 Å². The van der Waals surface area contributed by atoms with E-state index in [2.05, 4.69) is 27.7 Å². The van der Waals surface area contributed by atoms with Crippen molar-refractivity contribution in [3.8, 4) is 0 Å². The molecule has 0 aromatic heterocycles. The van der Waals surface area contributed by atoms with Crippen molar-refractivity contribution in [2.24, 2.45) is 23.2 Å². The van der Waals surface area contributed by atoms with E-state index in [1.54, 1.807) is 0 Å². The average Bonchev–Trinajstić information content (AvgIpc) is 3.07. The van der Waals surface area contributed by atoms with Crippen LogP contribution >= 0.6 is 0 Å². The number of fused-ring (bicyclic) bond motifs is 1. The van der Waals surface area contributed by atoms with Crippen molar-refractivity contribution < 1.29 is 9.53 Å². The summed E-state index contributed by atoms with van der Waals surface area (Å²) in [6, 6.07) is 9.30. The molecule has 2 fully saturated rings. The fourth-order valence-electron chi connectivity index (χ4n) is 4.12. The molecule has 5 unspecified atom stereocenters. The molecule has 1 aromatic carbocycles. The third-order valence-electron chi connectivity index (χ3n) is 6.03. The van der Waals surface area contributed by atoms with E-state index in [0.717, 1.165) is 5.92 Å². The number of carbonyl (C=O) groups excluding carboxylic acids is 1. The first-order valence-corrected chi connectivity index (χ1v) is 7.18. The second-order valence-corrected chi connectivity index (χ2v) is 6.77. The van der Waals surface area contributed by atoms with Crippen LogP contribution in [-0.4, -0.2) is 11.6 Å². The van der Waals surface area contributed by atoms with E-state index in [0.29, 0.717) is 22.8 Å². The van der Waals surface area contributed by atoms with E-state index < -0.39 is 0 Å². The molecule has 0 bridgehead atoms. The molecule has 0 spiro atoms. The second-order valence-electron chi connectivity index (χ2n) is 6.77. The van der Waals surface area contributed by atoms with Gasteiger partial charge < -0.3 is 4.74 Å². The number of hydrogen-bond acceptors (Lipinski definition) is 2. The van der Waals surface area contributed by atoms with E-state index in [1.807, 2.05) is 30.3 Å². The zero-order chi connectivity index (χ0) is 13.8. The van der Waals surface area contributed by atoms with Gasteiger partial charge in [-0.2, -0.15) is 0 Å². The van der Waals surface area contributed by atoms with Gasteiger partial charge in [-0.3, -0.25) is 0 Å². The lowest BCUT2D eigenvalue weighted by molar-refractivity contribution is -0.0612. The molecule has 19 heavy (non-hydrogen) atoms. The van der Waals surface area contributed by atoms with Crippen LogP contribution in [0.15, 0.2) is 30.3 Å². The fourth-order valence-corrected chi connectivity index (χ4v) is 4.12. The number of rotatable bonds is 2. The monoisotopic (exact) mass is 258 g/mol. The summed E-state index contributed by atoms with van der Waals surface area (Å²) in [6.07, 6.45) is 1.29. The molecule has 102 valence electrons. The SMILES string of the molecule is CC1C2CC2(C)C(C)C1(C)OC(=O)c1ccccc1. The zero-order valence-electron chi connectivity index (χ0n) is 12.1. The van der Waals surface area contributed by atoms with Gasteiger partial charge in [-0.25, -0.2) is 4.79 Å². The summed E-state index contributed by atoms with van der Waals surface area (Å²) in [5.41, 5.74) is 0.698. The Morgan fingerprint density at radius 2 is 1.84 bits per heavy atom. The first-order chi connectivity index (χ1) is 8.89. The molecular weight excluding hydrogens is 236 g/mol. The van der Waals surface area contributed by atoms with Gasteiger partial charge in [0.15, 0.2) is 0 Å². The van der Waals surface area contributed by atoms with Gasteiger partial charge in [0, 0.05) is 5.92 Å². The average molecular weight is 258 g/mol. The molecule has 0 amide bonds. The van der Waals surface area contributed by atoms with Crippen LogP contribution < -0.4 is 0 Å². The van der Waals surface area contributed by atoms with Crippen molar-refractivity contribution in [3.63, 3.8) is 0 Å². The molecule has 0 aliphatic heterocycles. The molecule has 2 heteroatoms. The lowest BCUT2D eigenvalue weighted by atomic mass is 9.79. The van der Waals surface area contributed by atoms with E-state index in [9.17, 15) is 4.79 Å². The standard InChI is InChI=1S/C17H22O2/c1-11-14-10-16(14,3)12(2)17(11,4)19-15(18)13-8-6-5-7-9-13/h5-9,11-12,14H,10H2,1-4H3. The fraction of sp³-hybridized carbons (Fsp3) is 0.588. The van der Waals surface area contributed by atoms with Crippen molar-refractivity contribution in [1.82, 2.24) is 0 Å². The molecule has 2 aliphatic rings. The van der Waals surface area contributed by atoms with Gasteiger partial charge in [0.05, 0.1) is 5.56 Å². The van der Waals surface area contributed by atoms with Gasteiger partial charge in [-0.05, 0) is 42.7 Å². The van der Waals surface area contributed by atoms with Crippen LogP contribution in [0.25, 0.3) is 0 Å². The first kappa shape index (κ1) is 12.7. The van der Waals surface area contributed by atoms with Crippen LogP contribution in [-0.2, 0) is 4.74 Å². The highest BCUT2D eigenvalue weighted by molar-refractivity contribution is 5.89. The van der Waals surface area contributed by atoms with E-state index in [-0.39, 0.29) is 11.6 Å². The van der Waals surface area contributed by atoms with E-state index in [4.69, 9.17) is 4.74 Å². The smallest absolute Gasteiger partial charge is 0.338 e. The molecule has 2 saturated carbocycles. The predicted molar refractivity (Wildman–Crippen MR) is 74.8 cm³/mol. The summed E-state index contributed by atoms with van der Waals surface area (Å²) < 4.78 is 5.94. The highest BCUT2D eigenvalue weighted by atomic mass is 16.6. The lowest BCUT2D eigenvalue weighted by Crippen LogP contribution is -2.43. The van der Waals surface area contributed by atoms with Crippen LogP contribution in [0.1, 0.15) is 44.5 Å². The molecule has 5 atom stereocenters. The van der Waals surface area contributed by atoms with Gasteiger partial charge in [0.1, 0.15) is 5.60 Å². The molecule has 3 rings (SSSR count). The Bertz CT molecular complexity index is 509. The van der Waals surface area contributed by atoms with Gasteiger partial charge >= 0.3 is 5.97 Å². The Balaban J connectivity index is 1.82. The maximum absolute atomic E-state index is 12.3. The summed E-state index contributed by atoms with van der Waals surface area (Å²) in [4.78, 5) is 12.3. The predicted octanol–water partition coefficient (Wildman–Crippen LogP) is 3.91. The highest BCUT2D eigenvalue weighted by Gasteiger charge is 2.71. The Hall–Kier alpha value is -1.31. The molecule has 1 aromatic rings. The molecule has 0 N–H and O–H groups in total. The van der Waals surface area contributed by atoms with Crippen LogP contribution in [0.2, 0.25) is 0 Å². The Kier molecular flexibility index (Phi) is 2.57. The van der Waals surface area contributed by atoms with Crippen molar-refractivity contribution in [2.75, 3.05) is 0 Å². The van der Waals surface area contributed by atoms with E-state index in [1.165, 1.54) is 6.42 Å². The van der Waals surface area contributed by atoms with Crippen molar-refractivity contribution in [3.05, 3.63) is 35.9 Å². The summed E-state index contributed by atoms with van der Waals surface area (Å²) >= 11 is 0. The number of hydrogen-bond donors (Lipinski definition) is 0. The largest absolute Gasteiger partial charge is 0.455 e. The molecule has 0 heterocycles. The summed E-state index contributed by atoms with van der Waals surface area (Å²) in [5.74, 6) is 1.40. The normalized spacial score (nSPS) is 43.7. The minimum atomic E-state index is -0.329. The Morgan fingerprint density at radius 3 is 2.37 bits per heavy atom. The minimum Gasteiger partial charge on any atom is -0.455 e. The Labute approximate surface area is 115 Å². The van der Waals surface area contributed by atoms with Gasteiger partial charge in [-0.1, -0.05) is 39.0 Å². The number of carbonyl (C=O) groups is 1. The van der Waals surface area contributed by atoms with Gasteiger partial charge in [0.2, 0.25) is 0 Å². The molecule has 0 saturated heterocycles. The third-order valence-corrected chi connectivity index (χ3v) is 6.03. The molecule has 0 radical (unpaired) electrons. The molecule has 2 aliphatic carbocycles. The van der Waals surface area contributed by atoms with Gasteiger partial charge in [-0.15, -0.1) is 0 Å². The summed E-state index contributed by atoms with van der Waals surface area (Å²) in [6.45, 7) is 8.92. The first-order valence-electron chi connectivity index (χ1n) is 7.18. The quantitative estimate of drug-likeness (QED) is 0.752. The van der Waals surface area contributed by atoms with Crippen LogP contribution in [0.4, 0.5) is 0 Å². The maximum atomic E-state index is 12.3. The zero-order valence-corrected chi connectivity index (χ0v) is 12.1. The second kappa shape index (κ2) is 3.84. The summed E-state index contributed by atoms with van der Waals surface area (Å²) in [7, 11) is 0. The number of ether oxygens (including phenoxy) is 1. The van der Waals surface area contributed by atoms with Crippen molar-refractivity contribution in [2.45, 2.75) is 39.7 Å². The highest BCUT2D eigenvalue weighted by Crippen LogP contribution is 2.72. The van der Waals surface area contributed by atoms with E-state index >= 15 is 0 Å². The number of esters is 1. The maximum Gasteiger partial charge on any atom is 0.338 e. The molecule has 2 nitrogen and oxygen atoms in total. The number of benzene rings is 1. The van der Waals surface area contributed by atoms with Crippen LogP contribution in [0, 0.1) is 23.2 Å².